The molecule has 1 fully saturated rings. The highest BCUT2D eigenvalue weighted by Gasteiger charge is 2.24. The Morgan fingerprint density at radius 1 is 1.17 bits per heavy atom. The maximum atomic E-state index is 12.7. The van der Waals surface area contributed by atoms with Crippen molar-refractivity contribution in [3.63, 3.8) is 0 Å². The largest absolute Gasteiger partial charge is 0.358 e. The molecular weight excluding hydrogens is 296 g/mol. The van der Waals surface area contributed by atoms with E-state index in [0.717, 1.165) is 30.7 Å². The summed E-state index contributed by atoms with van der Waals surface area (Å²) in [5.74, 6) is 1.42. The van der Waals surface area contributed by atoms with Gasteiger partial charge in [-0.2, -0.15) is 0 Å². The molecule has 1 heterocycles. The third-order valence-corrected chi connectivity index (χ3v) is 6.12. The van der Waals surface area contributed by atoms with Crippen LogP contribution < -0.4 is 5.32 Å². The number of hydrogen-bond acceptors (Lipinski definition) is 1. The molecular formula is C21H28N2O. The van der Waals surface area contributed by atoms with Crippen LogP contribution in [0.4, 0.5) is 0 Å². The maximum Gasteiger partial charge on any atom is 0.251 e. The van der Waals surface area contributed by atoms with Crippen molar-refractivity contribution in [1.29, 1.82) is 0 Å². The molecule has 0 spiro atoms. The van der Waals surface area contributed by atoms with E-state index in [-0.39, 0.29) is 5.91 Å². The molecule has 1 saturated carbocycles. The van der Waals surface area contributed by atoms with Crippen LogP contribution in [0.5, 0.6) is 0 Å². The second-order valence-corrected chi connectivity index (χ2v) is 8.03. The molecule has 2 aromatic rings. The highest BCUT2D eigenvalue weighted by molar-refractivity contribution is 5.99. The molecule has 128 valence electrons. The van der Waals surface area contributed by atoms with Gasteiger partial charge < -0.3 is 10.3 Å². The Balaban J connectivity index is 1.60. The van der Waals surface area contributed by atoms with Crippen molar-refractivity contribution in [1.82, 2.24) is 10.3 Å². The van der Waals surface area contributed by atoms with Crippen LogP contribution in [-0.2, 0) is 12.8 Å². The third-order valence-electron chi connectivity index (χ3n) is 6.12. The first-order chi connectivity index (χ1) is 11.6. The topological polar surface area (TPSA) is 44.9 Å². The van der Waals surface area contributed by atoms with Crippen LogP contribution in [0.25, 0.3) is 10.9 Å². The minimum Gasteiger partial charge on any atom is -0.358 e. The molecule has 4 rings (SSSR count). The highest BCUT2D eigenvalue weighted by atomic mass is 16.1. The quantitative estimate of drug-likeness (QED) is 0.833. The van der Waals surface area contributed by atoms with E-state index in [4.69, 9.17) is 0 Å². The Labute approximate surface area is 144 Å². The molecule has 1 aromatic heterocycles. The molecule has 0 bridgehead atoms. The number of aromatic nitrogens is 1. The molecule has 2 aliphatic rings. The zero-order valence-electron chi connectivity index (χ0n) is 14.8. The fraction of sp³-hybridized carbons (Fsp3) is 0.571. The molecule has 2 N–H and O–H groups in total. The number of aromatic amines is 1. The van der Waals surface area contributed by atoms with Gasteiger partial charge in [0.1, 0.15) is 0 Å². The van der Waals surface area contributed by atoms with Gasteiger partial charge >= 0.3 is 0 Å². The van der Waals surface area contributed by atoms with Crippen LogP contribution in [-0.4, -0.2) is 16.9 Å². The van der Waals surface area contributed by atoms with Crippen molar-refractivity contribution in [3.05, 3.63) is 35.0 Å². The standard InChI is InChI=1S/C21H28N2O/c1-13-7-9-19-16(11-13)17-12-15(8-10-20(17)22-19)21(24)23-18-6-4-3-5-14(18)2/h8,10,12-14,18,22H,3-7,9,11H2,1-2H3,(H,23,24). The van der Waals surface area contributed by atoms with Crippen molar-refractivity contribution in [3.8, 4) is 0 Å². The predicted octanol–water partition coefficient (Wildman–Crippen LogP) is 4.60. The minimum atomic E-state index is 0.0921. The van der Waals surface area contributed by atoms with Crippen molar-refractivity contribution < 1.29 is 4.79 Å². The summed E-state index contributed by atoms with van der Waals surface area (Å²) in [5.41, 5.74) is 4.79. The molecule has 24 heavy (non-hydrogen) atoms. The van der Waals surface area contributed by atoms with Crippen molar-refractivity contribution in [2.75, 3.05) is 0 Å². The highest BCUT2D eigenvalue weighted by Crippen LogP contribution is 2.32. The van der Waals surface area contributed by atoms with Crippen molar-refractivity contribution >= 4 is 16.8 Å². The summed E-state index contributed by atoms with van der Waals surface area (Å²) in [4.78, 5) is 16.3. The van der Waals surface area contributed by atoms with Gasteiger partial charge in [0.05, 0.1) is 0 Å². The number of rotatable bonds is 2. The number of amides is 1. The van der Waals surface area contributed by atoms with E-state index >= 15 is 0 Å². The van der Waals surface area contributed by atoms with Crippen LogP contribution in [0.2, 0.25) is 0 Å². The first-order valence-corrected chi connectivity index (χ1v) is 9.56. The molecule has 1 aromatic carbocycles. The van der Waals surface area contributed by atoms with Gasteiger partial charge in [0.2, 0.25) is 0 Å². The van der Waals surface area contributed by atoms with Crippen molar-refractivity contribution in [2.24, 2.45) is 11.8 Å². The van der Waals surface area contributed by atoms with Crippen LogP contribution >= 0.6 is 0 Å². The fourth-order valence-electron chi connectivity index (χ4n) is 4.51. The summed E-state index contributed by atoms with van der Waals surface area (Å²) in [6, 6.07) is 6.49. The zero-order valence-corrected chi connectivity index (χ0v) is 14.8. The van der Waals surface area contributed by atoms with Crippen LogP contribution in [0.15, 0.2) is 18.2 Å². The molecule has 3 nitrogen and oxygen atoms in total. The van der Waals surface area contributed by atoms with Gasteiger partial charge in [0.25, 0.3) is 5.91 Å². The fourth-order valence-corrected chi connectivity index (χ4v) is 4.51. The summed E-state index contributed by atoms with van der Waals surface area (Å²) in [6.07, 6.45) is 8.39. The number of benzene rings is 1. The molecule has 3 heteroatoms. The van der Waals surface area contributed by atoms with E-state index in [9.17, 15) is 4.79 Å². The Kier molecular flexibility index (Phi) is 4.11. The van der Waals surface area contributed by atoms with Gasteiger partial charge in [0.15, 0.2) is 0 Å². The lowest BCUT2D eigenvalue weighted by Gasteiger charge is -2.29. The van der Waals surface area contributed by atoms with E-state index in [0.29, 0.717) is 12.0 Å². The molecule has 3 unspecified atom stereocenters. The lowest BCUT2D eigenvalue weighted by molar-refractivity contribution is 0.0910. The summed E-state index contributed by atoms with van der Waals surface area (Å²) in [7, 11) is 0. The number of nitrogens with one attached hydrogen (secondary N) is 2. The number of H-pyrrole nitrogens is 1. The van der Waals surface area contributed by atoms with E-state index in [1.54, 1.807) is 0 Å². The minimum absolute atomic E-state index is 0.0921. The van der Waals surface area contributed by atoms with Gasteiger partial charge in [0, 0.05) is 28.2 Å². The maximum absolute atomic E-state index is 12.7. The van der Waals surface area contributed by atoms with Crippen LogP contribution in [0.3, 0.4) is 0 Å². The zero-order chi connectivity index (χ0) is 16.7. The SMILES string of the molecule is CC1CCc2[nH]c3ccc(C(=O)NC4CCCCC4C)cc3c2C1. The van der Waals surface area contributed by atoms with Gasteiger partial charge in [-0.15, -0.1) is 0 Å². The van der Waals surface area contributed by atoms with Gasteiger partial charge in [-0.05, 0) is 67.7 Å². The Morgan fingerprint density at radius 3 is 2.83 bits per heavy atom. The summed E-state index contributed by atoms with van der Waals surface area (Å²) < 4.78 is 0. The monoisotopic (exact) mass is 324 g/mol. The van der Waals surface area contributed by atoms with E-state index in [1.807, 2.05) is 6.07 Å². The predicted molar refractivity (Wildman–Crippen MR) is 98.4 cm³/mol. The average Bonchev–Trinajstić information content (AvgIpc) is 2.94. The Hall–Kier alpha value is -1.77. The number of carbonyl (C=O) groups is 1. The first kappa shape index (κ1) is 15.7. The summed E-state index contributed by atoms with van der Waals surface area (Å²) >= 11 is 0. The lowest BCUT2D eigenvalue weighted by Crippen LogP contribution is -2.41. The van der Waals surface area contributed by atoms with Crippen LogP contribution in [0, 0.1) is 11.8 Å². The van der Waals surface area contributed by atoms with E-state index < -0.39 is 0 Å². The first-order valence-electron chi connectivity index (χ1n) is 9.56. The number of carbonyl (C=O) groups excluding carboxylic acids is 1. The Morgan fingerprint density at radius 2 is 2.00 bits per heavy atom. The number of hydrogen-bond donors (Lipinski definition) is 2. The Bertz CT molecular complexity index is 761. The number of aryl methyl sites for hydroxylation is 1. The van der Waals surface area contributed by atoms with Crippen molar-refractivity contribution in [2.45, 2.75) is 64.8 Å². The smallest absolute Gasteiger partial charge is 0.251 e. The van der Waals surface area contributed by atoms with E-state index in [1.165, 1.54) is 47.8 Å². The second-order valence-electron chi connectivity index (χ2n) is 8.03. The lowest BCUT2D eigenvalue weighted by atomic mass is 9.85. The average molecular weight is 324 g/mol. The van der Waals surface area contributed by atoms with E-state index in [2.05, 4.69) is 36.3 Å². The summed E-state index contributed by atoms with van der Waals surface area (Å²) in [6.45, 7) is 4.58. The normalized spacial score (nSPS) is 27.0. The molecule has 0 aliphatic heterocycles. The second kappa shape index (κ2) is 6.27. The molecule has 2 aliphatic carbocycles. The van der Waals surface area contributed by atoms with Gasteiger partial charge in [-0.25, -0.2) is 0 Å². The molecule has 0 saturated heterocycles. The number of fused-ring (bicyclic) bond motifs is 3. The summed E-state index contributed by atoms with van der Waals surface area (Å²) in [5, 5.41) is 4.53. The van der Waals surface area contributed by atoms with Gasteiger partial charge in [-0.1, -0.05) is 26.7 Å². The van der Waals surface area contributed by atoms with Gasteiger partial charge in [-0.3, -0.25) is 4.79 Å². The third kappa shape index (κ3) is 2.85. The van der Waals surface area contributed by atoms with Crippen LogP contribution in [0.1, 0.15) is 67.6 Å². The molecule has 1 amide bonds. The molecule has 0 radical (unpaired) electrons. The molecule has 3 atom stereocenters.